The largest absolute Gasteiger partial charge is 0.313 e. The molecule has 0 spiro atoms. The Morgan fingerprint density at radius 2 is 1.70 bits per heavy atom. The molecule has 1 N–H and O–H groups in total. The molecule has 0 bridgehead atoms. The zero-order valence-electron chi connectivity index (χ0n) is 20.3. The maximum atomic E-state index is 13.3. The number of nitrogens with zero attached hydrogens (tertiary/aromatic N) is 2. The second-order valence-electron chi connectivity index (χ2n) is 8.78. The number of aromatic nitrogens is 1. The van der Waals surface area contributed by atoms with Gasteiger partial charge in [-0.1, -0.05) is 24.3 Å². The fourth-order valence-electron chi connectivity index (χ4n) is 4.52. The number of hydrogen-bond acceptors (Lipinski definition) is 6. The normalized spacial score (nSPS) is 13.4. The van der Waals surface area contributed by atoms with Crippen molar-refractivity contribution in [3.63, 3.8) is 0 Å². The summed E-state index contributed by atoms with van der Waals surface area (Å²) in [6.07, 6.45) is 7.32. The predicted molar refractivity (Wildman–Crippen MR) is 153 cm³/mol. The molecule has 0 atom stereocenters. The summed E-state index contributed by atoms with van der Waals surface area (Å²) >= 11 is 3.26. The van der Waals surface area contributed by atoms with Crippen LogP contribution < -0.4 is 5.32 Å². The summed E-state index contributed by atoms with van der Waals surface area (Å²) in [6.45, 7) is 7.62. The van der Waals surface area contributed by atoms with Gasteiger partial charge in [0.25, 0.3) is 5.91 Å². The maximum Gasteiger partial charge on any atom is 0.256 e. The fraction of sp³-hybridized carbons (Fsp3) is 0.214. The zero-order valence-corrected chi connectivity index (χ0v) is 22.7. The molecule has 2 aromatic heterocycles. The Kier molecular flexibility index (Phi) is 7.39. The van der Waals surface area contributed by atoms with Crippen molar-refractivity contribution in [2.24, 2.45) is 0 Å². The molecule has 1 aliphatic carbocycles. The number of benzene rings is 2. The van der Waals surface area contributed by atoms with Crippen LogP contribution in [0.15, 0.2) is 78.7 Å². The van der Waals surface area contributed by atoms with Gasteiger partial charge in [-0.15, -0.1) is 35.8 Å². The Morgan fingerprint density at radius 1 is 1.00 bits per heavy atom. The maximum absolute atomic E-state index is 13.3. The minimum absolute atomic E-state index is 0.120. The number of thiophene rings is 1. The number of aryl methyl sites for hydroxylation is 1. The third-order valence-electron chi connectivity index (χ3n) is 6.33. The van der Waals surface area contributed by atoms with Gasteiger partial charge in [-0.25, -0.2) is 13.4 Å². The number of nitrogens with one attached hydrogen (secondary N) is 1. The Bertz CT molecular complexity index is 1540. The standard InChI is InChI=1S/C28H27N3O3S3/c1-3-17-31(18-4-2)37(33,34)20-15-13-19(14-16-20)26(32)30-28-25(21-9-5-7-11-23(21)35-28)27-29-22-10-6-8-12-24(22)36-27/h3-4,6,8,10,12-16H,1-2,5,7,9,11,17-18H2,(H,30,32). The van der Waals surface area contributed by atoms with Gasteiger partial charge < -0.3 is 5.32 Å². The Morgan fingerprint density at radius 3 is 2.41 bits per heavy atom. The van der Waals surface area contributed by atoms with Crippen molar-refractivity contribution in [1.82, 2.24) is 9.29 Å². The second kappa shape index (κ2) is 10.7. The third-order valence-corrected chi connectivity index (χ3v) is 10.4. The Labute approximate surface area is 225 Å². The number of thiazole rings is 1. The van der Waals surface area contributed by atoms with Gasteiger partial charge in [-0.05, 0) is 67.6 Å². The minimum atomic E-state index is -3.73. The van der Waals surface area contributed by atoms with Crippen molar-refractivity contribution in [3.05, 3.63) is 89.8 Å². The molecule has 0 fully saturated rings. The second-order valence-corrected chi connectivity index (χ2v) is 12.9. The van der Waals surface area contributed by atoms with E-state index in [-0.39, 0.29) is 23.9 Å². The average molecular weight is 550 g/mol. The van der Waals surface area contributed by atoms with E-state index in [1.54, 1.807) is 34.8 Å². The summed E-state index contributed by atoms with van der Waals surface area (Å²) < 4.78 is 28.4. The molecule has 5 rings (SSSR count). The van der Waals surface area contributed by atoms with Crippen LogP contribution in [-0.4, -0.2) is 36.7 Å². The lowest BCUT2D eigenvalue weighted by Crippen LogP contribution is -2.31. The molecule has 0 saturated heterocycles. The number of amides is 1. The summed E-state index contributed by atoms with van der Waals surface area (Å²) in [6, 6.07) is 14.1. The van der Waals surface area contributed by atoms with Crippen LogP contribution in [0.5, 0.6) is 0 Å². The molecule has 4 aromatic rings. The van der Waals surface area contributed by atoms with E-state index < -0.39 is 10.0 Å². The van der Waals surface area contributed by atoms with Crippen LogP contribution in [0.3, 0.4) is 0 Å². The van der Waals surface area contributed by atoms with Gasteiger partial charge in [0.1, 0.15) is 10.0 Å². The van der Waals surface area contributed by atoms with Gasteiger partial charge in [-0.3, -0.25) is 4.79 Å². The summed E-state index contributed by atoms with van der Waals surface area (Å²) in [4.78, 5) is 19.6. The van der Waals surface area contributed by atoms with E-state index in [1.807, 2.05) is 18.2 Å². The third kappa shape index (κ3) is 5.04. The first-order valence-electron chi connectivity index (χ1n) is 12.1. The zero-order chi connectivity index (χ0) is 26.0. The number of hydrogen-bond donors (Lipinski definition) is 1. The summed E-state index contributed by atoms with van der Waals surface area (Å²) in [5.41, 5.74) is 3.66. The number of carbonyl (C=O) groups excluding carboxylic acids is 1. The first-order valence-corrected chi connectivity index (χ1v) is 15.1. The number of sulfonamides is 1. The lowest BCUT2D eigenvalue weighted by molar-refractivity contribution is 0.102. The number of carbonyl (C=O) groups is 1. The lowest BCUT2D eigenvalue weighted by atomic mass is 9.95. The molecule has 0 radical (unpaired) electrons. The molecule has 9 heteroatoms. The molecule has 0 aliphatic heterocycles. The van der Waals surface area contributed by atoms with Gasteiger partial charge in [0.05, 0.1) is 15.1 Å². The van der Waals surface area contributed by atoms with Gasteiger partial charge in [0.2, 0.25) is 10.0 Å². The number of anilines is 1. The van der Waals surface area contributed by atoms with E-state index in [2.05, 4.69) is 24.5 Å². The number of para-hydroxylation sites is 1. The molecule has 0 saturated carbocycles. The van der Waals surface area contributed by atoms with Crippen molar-refractivity contribution in [1.29, 1.82) is 0 Å². The van der Waals surface area contributed by atoms with Crippen LogP contribution in [0.25, 0.3) is 20.8 Å². The number of fused-ring (bicyclic) bond motifs is 2. The van der Waals surface area contributed by atoms with Crippen LogP contribution in [-0.2, 0) is 22.9 Å². The SMILES string of the molecule is C=CCN(CC=C)S(=O)(=O)c1ccc(C(=O)Nc2sc3c(c2-c2nc4ccccc4s2)CCCC3)cc1. The summed E-state index contributed by atoms with van der Waals surface area (Å²) in [5.74, 6) is -0.279. The van der Waals surface area contributed by atoms with Gasteiger partial charge in [0.15, 0.2) is 0 Å². The van der Waals surface area contributed by atoms with E-state index in [0.717, 1.165) is 51.5 Å². The fourth-order valence-corrected chi connectivity index (χ4v) is 8.30. The molecule has 190 valence electrons. The molecule has 37 heavy (non-hydrogen) atoms. The summed E-state index contributed by atoms with van der Waals surface area (Å²) in [5, 5.41) is 4.83. The highest BCUT2D eigenvalue weighted by molar-refractivity contribution is 7.89. The molecule has 0 unspecified atom stereocenters. The Hall–Kier alpha value is -3.11. The molecule has 1 aliphatic rings. The lowest BCUT2D eigenvalue weighted by Gasteiger charge is -2.19. The van der Waals surface area contributed by atoms with Crippen LogP contribution in [0.2, 0.25) is 0 Å². The molecule has 6 nitrogen and oxygen atoms in total. The van der Waals surface area contributed by atoms with Crippen molar-refractivity contribution >= 4 is 53.8 Å². The molecule has 2 heterocycles. The highest BCUT2D eigenvalue weighted by Gasteiger charge is 2.26. The first-order chi connectivity index (χ1) is 17.9. The number of rotatable bonds is 9. The topological polar surface area (TPSA) is 79.4 Å². The van der Waals surface area contributed by atoms with Crippen LogP contribution >= 0.6 is 22.7 Å². The molecule has 2 aromatic carbocycles. The van der Waals surface area contributed by atoms with Crippen LogP contribution in [0, 0.1) is 0 Å². The van der Waals surface area contributed by atoms with E-state index >= 15 is 0 Å². The molecule has 1 amide bonds. The van der Waals surface area contributed by atoms with E-state index in [1.165, 1.54) is 39.0 Å². The quantitative estimate of drug-likeness (QED) is 0.241. The molecular weight excluding hydrogens is 523 g/mol. The minimum Gasteiger partial charge on any atom is -0.313 e. The highest BCUT2D eigenvalue weighted by atomic mass is 32.2. The predicted octanol–water partition coefficient (Wildman–Crippen LogP) is 6.52. The van der Waals surface area contributed by atoms with Crippen molar-refractivity contribution in [2.75, 3.05) is 18.4 Å². The van der Waals surface area contributed by atoms with Crippen molar-refractivity contribution < 1.29 is 13.2 Å². The van der Waals surface area contributed by atoms with Crippen LogP contribution in [0.1, 0.15) is 33.6 Å². The van der Waals surface area contributed by atoms with Crippen molar-refractivity contribution in [2.45, 2.75) is 30.6 Å². The Balaban J connectivity index is 1.44. The van der Waals surface area contributed by atoms with E-state index in [0.29, 0.717) is 5.56 Å². The smallest absolute Gasteiger partial charge is 0.256 e. The van der Waals surface area contributed by atoms with Crippen molar-refractivity contribution in [3.8, 4) is 10.6 Å². The van der Waals surface area contributed by atoms with E-state index in [9.17, 15) is 13.2 Å². The monoisotopic (exact) mass is 549 g/mol. The highest BCUT2D eigenvalue weighted by Crippen LogP contribution is 2.46. The first kappa shape index (κ1) is 25.5. The van der Waals surface area contributed by atoms with Gasteiger partial charge in [0, 0.05) is 29.1 Å². The summed E-state index contributed by atoms with van der Waals surface area (Å²) in [7, 11) is -3.73. The van der Waals surface area contributed by atoms with Gasteiger partial charge in [-0.2, -0.15) is 4.31 Å². The molecular formula is C28H27N3O3S3. The van der Waals surface area contributed by atoms with Gasteiger partial charge >= 0.3 is 0 Å². The van der Waals surface area contributed by atoms with E-state index in [4.69, 9.17) is 4.98 Å². The average Bonchev–Trinajstić information content (AvgIpc) is 3.49. The van der Waals surface area contributed by atoms with Crippen LogP contribution in [0.4, 0.5) is 5.00 Å².